The van der Waals surface area contributed by atoms with E-state index in [1.165, 1.54) is 17.7 Å². The van der Waals surface area contributed by atoms with Gasteiger partial charge in [0.2, 0.25) is 0 Å². The highest BCUT2D eigenvalue weighted by atomic mass is 16.5. The summed E-state index contributed by atoms with van der Waals surface area (Å²) in [6.45, 7) is 8.18. The molecule has 1 saturated heterocycles. The molecule has 100 valence electrons. The average Bonchev–Trinajstić information content (AvgIpc) is 2.70. The highest BCUT2D eigenvalue weighted by Crippen LogP contribution is 2.38. The fourth-order valence-electron chi connectivity index (χ4n) is 2.84. The molecule has 3 heteroatoms. The van der Waals surface area contributed by atoms with Crippen molar-refractivity contribution in [1.29, 1.82) is 0 Å². The lowest BCUT2D eigenvalue weighted by Crippen LogP contribution is -2.44. The van der Waals surface area contributed by atoms with Crippen molar-refractivity contribution in [2.45, 2.75) is 45.3 Å². The number of hydrogen-bond donors (Lipinski definition) is 0. The summed E-state index contributed by atoms with van der Waals surface area (Å²) in [6.07, 6.45) is 4.51. The highest BCUT2D eigenvalue weighted by molar-refractivity contribution is 5.27. The minimum absolute atomic E-state index is 0.0321. The Bertz CT molecular complexity index is 405. The van der Waals surface area contributed by atoms with E-state index in [0.717, 1.165) is 19.6 Å². The summed E-state index contributed by atoms with van der Waals surface area (Å²) in [5.41, 5.74) is 2.42. The Kier molecular flexibility index (Phi) is 4.03. The molecule has 1 fully saturated rings. The Morgan fingerprint density at radius 1 is 1.50 bits per heavy atom. The Morgan fingerprint density at radius 3 is 2.83 bits per heavy atom. The minimum atomic E-state index is -0.0321. The standard InChI is InChI=1S/C15H24N2O/c1-12(2)18-11-15(8-6-10-17(15)4)14-13(3)7-5-9-16-14/h5,7,9,12H,6,8,10-11H2,1-4H3. The third-order valence-corrected chi connectivity index (χ3v) is 3.92. The number of pyridine rings is 1. The Hall–Kier alpha value is -0.930. The van der Waals surface area contributed by atoms with Gasteiger partial charge in [-0.25, -0.2) is 0 Å². The van der Waals surface area contributed by atoms with Crippen LogP contribution in [-0.4, -0.2) is 36.2 Å². The van der Waals surface area contributed by atoms with Crippen LogP contribution in [0.5, 0.6) is 0 Å². The molecule has 0 amide bonds. The van der Waals surface area contributed by atoms with E-state index >= 15 is 0 Å². The van der Waals surface area contributed by atoms with Crippen LogP contribution in [0.2, 0.25) is 0 Å². The molecule has 0 aliphatic carbocycles. The molecule has 0 spiro atoms. The second-order valence-corrected chi connectivity index (χ2v) is 5.59. The van der Waals surface area contributed by atoms with Crippen LogP contribution in [0.15, 0.2) is 18.3 Å². The molecule has 2 rings (SSSR count). The third-order valence-electron chi connectivity index (χ3n) is 3.92. The number of aromatic nitrogens is 1. The quantitative estimate of drug-likeness (QED) is 0.819. The van der Waals surface area contributed by atoms with Gasteiger partial charge in [-0.3, -0.25) is 9.88 Å². The van der Waals surface area contributed by atoms with E-state index in [9.17, 15) is 0 Å². The number of likely N-dealkylation sites (N-methyl/N-ethyl adjacent to an activating group) is 1. The lowest BCUT2D eigenvalue weighted by molar-refractivity contribution is -0.00939. The van der Waals surface area contributed by atoms with Crippen LogP contribution < -0.4 is 0 Å². The van der Waals surface area contributed by atoms with Crippen molar-refractivity contribution in [1.82, 2.24) is 9.88 Å². The Morgan fingerprint density at radius 2 is 2.28 bits per heavy atom. The normalized spacial score (nSPS) is 24.9. The molecule has 18 heavy (non-hydrogen) atoms. The Labute approximate surface area is 110 Å². The fraction of sp³-hybridized carbons (Fsp3) is 0.667. The first kappa shape index (κ1) is 13.5. The van der Waals surface area contributed by atoms with Crippen LogP contribution in [-0.2, 0) is 10.3 Å². The second-order valence-electron chi connectivity index (χ2n) is 5.59. The molecule has 1 aliphatic heterocycles. The highest BCUT2D eigenvalue weighted by Gasteiger charge is 2.42. The molecule has 1 aromatic rings. The predicted molar refractivity (Wildman–Crippen MR) is 73.6 cm³/mol. The van der Waals surface area contributed by atoms with Crippen molar-refractivity contribution >= 4 is 0 Å². The summed E-state index contributed by atoms with van der Waals surface area (Å²) in [7, 11) is 2.19. The Balaban J connectivity index is 2.33. The van der Waals surface area contributed by atoms with Crippen LogP contribution in [0.25, 0.3) is 0 Å². The average molecular weight is 248 g/mol. The van der Waals surface area contributed by atoms with E-state index in [4.69, 9.17) is 4.74 Å². The van der Waals surface area contributed by atoms with E-state index < -0.39 is 0 Å². The summed E-state index contributed by atoms with van der Waals surface area (Å²) in [4.78, 5) is 7.05. The van der Waals surface area contributed by atoms with Crippen LogP contribution >= 0.6 is 0 Å². The van der Waals surface area contributed by atoms with Gasteiger partial charge in [0, 0.05) is 6.20 Å². The van der Waals surface area contributed by atoms with Gasteiger partial charge < -0.3 is 4.74 Å². The molecule has 2 heterocycles. The molecule has 1 unspecified atom stereocenters. The second kappa shape index (κ2) is 5.37. The molecule has 0 N–H and O–H groups in total. The van der Waals surface area contributed by atoms with Gasteiger partial charge in [-0.2, -0.15) is 0 Å². The van der Waals surface area contributed by atoms with Crippen LogP contribution in [0.3, 0.4) is 0 Å². The predicted octanol–water partition coefficient (Wildman–Crippen LogP) is 2.74. The van der Waals surface area contributed by atoms with Crippen molar-refractivity contribution in [3.63, 3.8) is 0 Å². The lowest BCUT2D eigenvalue weighted by Gasteiger charge is -2.37. The molecule has 0 aromatic carbocycles. The largest absolute Gasteiger partial charge is 0.376 e. The molecule has 0 bridgehead atoms. The first-order chi connectivity index (χ1) is 8.56. The van der Waals surface area contributed by atoms with E-state index in [-0.39, 0.29) is 11.6 Å². The van der Waals surface area contributed by atoms with Gasteiger partial charge >= 0.3 is 0 Å². The molecule has 3 nitrogen and oxygen atoms in total. The fourth-order valence-corrected chi connectivity index (χ4v) is 2.84. The molecule has 0 radical (unpaired) electrons. The van der Waals surface area contributed by atoms with Gasteiger partial charge in [-0.05, 0) is 58.8 Å². The lowest BCUT2D eigenvalue weighted by atomic mass is 9.89. The molecule has 1 aliphatic rings. The van der Waals surface area contributed by atoms with Crippen LogP contribution in [0, 0.1) is 6.92 Å². The third kappa shape index (κ3) is 2.43. The number of hydrogen-bond acceptors (Lipinski definition) is 3. The summed E-state index contributed by atoms with van der Waals surface area (Å²) >= 11 is 0. The molecular weight excluding hydrogens is 224 g/mol. The summed E-state index contributed by atoms with van der Waals surface area (Å²) in [5, 5.41) is 0. The number of ether oxygens (including phenoxy) is 1. The van der Waals surface area contributed by atoms with E-state index in [0.29, 0.717) is 0 Å². The van der Waals surface area contributed by atoms with Gasteiger partial charge in [0.15, 0.2) is 0 Å². The topological polar surface area (TPSA) is 25.4 Å². The minimum Gasteiger partial charge on any atom is -0.376 e. The number of rotatable bonds is 4. The smallest absolute Gasteiger partial charge is 0.0870 e. The van der Waals surface area contributed by atoms with Gasteiger partial charge in [0.25, 0.3) is 0 Å². The molecule has 1 aromatic heterocycles. The first-order valence-corrected chi connectivity index (χ1v) is 6.81. The van der Waals surface area contributed by atoms with Crippen molar-refractivity contribution < 1.29 is 4.74 Å². The molecule has 0 saturated carbocycles. The van der Waals surface area contributed by atoms with Gasteiger partial charge in [0.05, 0.1) is 23.9 Å². The first-order valence-electron chi connectivity index (χ1n) is 6.81. The van der Waals surface area contributed by atoms with Crippen molar-refractivity contribution in [3.05, 3.63) is 29.6 Å². The number of nitrogens with zero attached hydrogens (tertiary/aromatic N) is 2. The zero-order valence-corrected chi connectivity index (χ0v) is 11.9. The van der Waals surface area contributed by atoms with Crippen LogP contribution in [0.4, 0.5) is 0 Å². The SMILES string of the molecule is Cc1cccnc1C1(COC(C)C)CCCN1C. The molecule has 1 atom stereocenters. The summed E-state index contributed by atoms with van der Waals surface area (Å²) < 4.78 is 5.93. The zero-order valence-electron chi connectivity index (χ0n) is 11.9. The van der Waals surface area contributed by atoms with Crippen molar-refractivity contribution in [2.75, 3.05) is 20.2 Å². The van der Waals surface area contributed by atoms with Crippen LogP contribution in [0.1, 0.15) is 37.9 Å². The van der Waals surface area contributed by atoms with Gasteiger partial charge in [0.1, 0.15) is 0 Å². The van der Waals surface area contributed by atoms with Crippen molar-refractivity contribution in [2.24, 2.45) is 0 Å². The zero-order chi connectivity index (χ0) is 13.2. The number of likely N-dealkylation sites (tertiary alicyclic amines) is 1. The maximum Gasteiger partial charge on any atom is 0.0870 e. The summed E-state index contributed by atoms with van der Waals surface area (Å²) in [5.74, 6) is 0. The van der Waals surface area contributed by atoms with Crippen molar-refractivity contribution in [3.8, 4) is 0 Å². The van der Waals surface area contributed by atoms with Gasteiger partial charge in [-0.15, -0.1) is 0 Å². The summed E-state index contributed by atoms with van der Waals surface area (Å²) in [6, 6.07) is 4.15. The molecular formula is C15H24N2O. The monoisotopic (exact) mass is 248 g/mol. The van der Waals surface area contributed by atoms with E-state index in [1.54, 1.807) is 0 Å². The number of aryl methyl sites for hydroxylation is 1. The maximum absolute atomic E-state index is 5.93. The maximum atomic E-state index is 5.93. The van der Waals surface area contributed by atoms with E-state index in [1.807, 2.05) is 12.3 Å². The van der Waals surface area contributed by atoms with E-state index in [2.05, 4.69) is 43.8 Å². The van der Waals surface area contributed by atoms with Gasteiger partial charge in [-0.1, -0.05) is 6.07 Å².